The van der Waals surface area contributed by atoms with Crippen LogP contribution in [0.3, 0.4) is 0 Å². The molecule has 0 saturated heterocycles. The molecule has 1 heterocycles. The molecule has 0 saturated carbocycles. The number of nitrogens with one attached hydrogen (secondary N) is 2. The zero-order valence-corrected chi connectivity index (χ0v) is 32.8. The summed E-state index contributed by atoms with van der Waals surface area (Å²) in [5.41, 5.74) is 1.35. The molecule has 1 aliphatic rings. The molecular weight excluding hydrogens is 699 g/mol. The number of quaternary nitrogens is 1. The Kier molecular flexibility index (Phi) is 14.6. The van der Waals surface area contributed by atoms with Gasteiger partial charge in [-0.05, 0) is 67.8 Å². The molecule has 0 fully saturated rings. The molecule has 0 spiro atoms. The topological polar surface area (TPSA) is 154 Å². The average Bonchev–Trinajstić information content (AvgIpc) is 3.22. The van der Waals surface area contributed by atoms with E-state index in [-0.39, 0.29) is 30.3 Å². The number of ether oxygens (including phenoxy) is 1. The lowest BCUT2D eigenvalue weighted by atomic mass is 9.77. The molecule has 1 aliphatic heterocycles. The van der Waals surface area contributed by atoms with Crippen LogP contribution < -0.4 is 25.1 Å². The fraction of sp³-hybridized carbons (Fsp3) is 0.487. The third-order valence-corrected chi connectivity index (χ3v) is 13.1. The summed E-state index contributed by atoms with van der Waals surface area (Å²) < 4.78 is 18.6. The molecule has 0 aliphatic carbocycles. The van der Waals surface area contributed by atoms with Crippen LogP contribution in [0.4, 0.5) is 17.1 Å². The Morgan fingerprint density at radius 1 is 1.04 bits per heavy atom. The number of carbonyl (C=O) groups excluding carboxylic acids is 2. The molecule has 3 aromatic carbocycles. The van der Waals surface area contributed by atoms with Crippen molar-refractivity contribution in [3.05, 3.63) is 82.7 Å². The Labute approximate surface area is 312 Å². The number of carbonyl (C=O) groups is 2. The summed E-state index contributed by atoms with van der Waals surface area (Å²) in [5.74, 6) is -0.883. The van der Waals surface area contributed by atoms with Crippen molar-refractivity contribution in [3.63, 3.8) is 0 Å². The van der Waals surface area contributed by atoms with Crippen LogP contribution >= 0.6 is 18.9 Å². The number of aromatic hydroxyl groups is 1. The van der Waals surface area contributed by atoms with Gasteiger partial charge in [-0.3, -0.25) is 9.59 Å². The van der Waals surface area contributed by atoms with E-state index in [2.05, 4.69) is 29.4 Å². The maximum Gasteiger partial charge on any atom is 0.258 e. The second kappa shape index (κ2) is 18.5. The third-order valence-electron chi connectivity index (χ3n) is 9.85. The van der Waals surface area contributed by atoms with Crippen molar-refractivity contribution >= 4 is 47.8 Å². The SMILES string of the molecule is CCCCC1(CCCC)CN(c2ccccc2)c2cc(SC)c(OCC(=O)N[C@@H](C(=O)NCCP(C)(=O)CC)c3ccc(O)cc3)cc2[N+]([O-])([O-])C1. The van der Waals surface area contributed by atoms with E-state index in [9.17, 15) is 29.7 Å². The van der Waals surface area contributed by atoms with Crippen molar-refractivity contribution in [2.75, 3.05) is 56.4 Å². The van der Waals surface area contributed by atoms with Crippen LogP contribution in [-0.2, 0) is 14.2 Å². The summed E-state index contributed by atoms with van der Waals surface area (Å²) in [4.78, 5) is 27.6. The fourth-order valence-corrected chi connectivity index (χ4v) is 8.12. The van der Waals surface area contributed by atoms with Gasteiger partial charge in [-0.2, -0.15) is 0 Å². The average molecular weight is 754 g/mol. The van der Waals surface area contributed by atoms with Crippen LogP contribution in [0.2, 0.25) is 0 Å². The van der Waals surface area contributed by atoms with E-state index in [1.54, 1.807) is 6.66 Å². The second-order valence-corrected chi connectivity index (χ2v) is 18.5. The van der Waals surface area contributed by atoms with Crippen molar-refractivity contribution in [1.29, 1.82) is 0 Å². The number of unbranched alkanes of at least 4 members (excludes halogenated alkanes) is 2. The van der Waals surface area contributed by atoms with Crippen LogP contribution in [0.15, 0.2) is 71.6 Å². The highest BCUT2D eigenvalue weighted by molar-refractivity contribution is 7.98. The highest BCUT2D eigenvalue weighted by Gasteiger charge is 2.42. The van der Waals surface area contributed by atoms with Gasteiger partial charge in [0.2, 0.25) is 5.91 Å². The summed E-state index contributed by atoms with van der Waals surface area (Å²) in [6, 6.07) is 17.9. The first kappa shape index (κ1) is 41.2. The standard InChI is InChI=1S/C39H54N4O7PS/c1-6-9-20-39(21-10-7-2)27-42(30-14-12-11-13-15-30)32-24-35(52-5)34(25-33(32)43(47,48)28-39)50-26-36(45)41-37(29-16-18-31(44)19-17-29)38(46)40-22-23-51(4,49)8-3/h11-19,24-25,37,44H,6-10,20-23,26-28H2,1-5H3,(H,40,46)(H,41,45)/q-1/t37-,51?/m1/s1. The van der Waals surface area contributed by atoms with Crippen LogP contribution in [0.5, 0.6) is 11.5 Å². The Hall–Kier alpha value is -3.54. The highest BCUT2D eigenvalue weighted by Crippen LogP contribution is 2.50. The predicted molar refractivity (Wildman–Crippen MR) is 213 cm³/mol. The van der Waals surface area contributed by atoms with Crippen LogP contribution in [0.1, 0.15) is 70.9 Å². The number of para-hydroxylation sites is 1. The Morgan fingerprint density at radius 3 is 2.29 bits per heavy atom. The lowest BCUT2D eigenvalue weighted by Crippen LogP contribution is -2.48. The number of anilines is 2. The molecule has 3 aromatic rings. The van der Waals surface area contributed by atoms with E-state index in [1.165, 1.54) is 42.1 Å². The van der Waals surface area contributed by atoms with Crippen molar-refractivity contribution in [3.8, 4) is 11.5 Å². The largest absolute Gasteiger partial charge is 0.626 e. The highest BCUT2D eigenvalue weighted by atomic mass is 32.2. The minimum Gasteiger partial charge on any atom is -0.626 e. The van der Waals surface area contributed by atoms with Gasteiger partial charge in [-0.15, -0.1) is 11.8 Å². The minimum absolute atomic E-state index is 0.00487. The first-order valence-electron chi connectivity index (χ1n) is 18.2. The molecule has 11 nitrogen and oxygen atoms in total. The smallest absolute Gasteiger partial charge is 0.258 e. The monoisotopic (exact) mass is 753 g/mol. The van der Waals surface area contributed by atoms with Gasteiger partial charge in [0.25, 0.3) is 5.91 Å². The van der Waals surface area contributed by atoms with Gasteiger partial charge in [-0.25, -0.2) is 0 Å². The molecule has 0 aromatic heterocycles. The minimum atomic E-state index is -2.38. The number of nitrogens with zero attached hydrogens (tertiary/aromatic N) is 2. The maximum atomic E-state index is 14.3. The number of hydrogen-bond acceptors (Lipinski definition) is 9. The van der Waals surface area contributed by atoms with E-state index in [1.807, 2.05) is 49.6 Å². The molecule has 4 rings (SSSR count). The number of phenolic OH excluding ortho intramolecular Hbond substituents is 1. The number of hydroxylamine groups is 2. The maximum absolute atomic E-state index is 14.3. The number of thioether (sulfide) groups is 1. The molecule has 2 amide bonds. The molecule has 1 unspecified atom stereocenters. The van der Waals surface area contributed by atoms with Gasteiger partial charge < -0.3 is 45.2 Å². The number of fused-ring (bicyclic) bond motifs is 1. The summed E-state index contributed by atoms with van der Waals surface area (Å²) in [5, 5.41) is 43.9. The summed E-state index contributed by atoms with van der Waals surface area (Å²) >= 11 is 1.38. The molecule has 3 N–H and O–H groups in total. The lowest BCUT2D eigenvalue weighted by Gasteiger charge is -2.50. The first-order valence-corrected chi connectivity index (χ1v) is 21.9. The van der Waals surface area contributed by atoms with E-state index in [0.29, 0.717) is 35.0 Å². The second-order valence-electron chi connectivity index (χ2n) is 14.0. The van der Waals surface area contributed by atoms with Gasteiger partial charge in [0.05, 0.1) is 18.6 Å². The zero-order valence-electron chi connectivity index (χ0n) is 31.1. The lowest BCUT2D eigenvalue weighted by molar-refractivity contribution is -0.130. The fourth-order valence-electron chi connectivity index (χ4n) is 6.67. The van der Waals surface area contributed by atoms with Crippen LogP contribution in [0, 0.1) is 15.8 Å². The molecule has 52 heavy (non-hydrogen) atoms. The summed E-state index contributed by atoms with van der Waals surface area (Å²) in [7, 11) is -2.38. The van der Waals surface area contributed by atoms with Crippen LogP contribution in [0.25, 0.3) is 0 Å². The number of rotatable bonds is 18. The first-order chi connectivity index (χ1) is 24.8. The number of amides is 2. The Morgan fingerprint density at radius 2 is 1.69 bits per heavy atom. The molecule has 2 atom stereocenters. The van der Waals surface area contributed by atoms with Gasteiger partial charge >= 0.3 is 0 Å². The molecule has 284 valence electrons. The van der Waals surface area contributed by atoms with E-state index in [0.717, 1.165) is 44.2 Å². The Bertz CT molecular complexity index is 1680. The van der Waals surface area contributed by atoms with E-state index >= 15 is 0 Å². The Balaban J connectivity index is 1.64. The zero-order chi connectivity index (χ0) is 37.9. The van der Waals surface area contributed by atoms with Crippen molar-refractivity contribution < 1.29 is 24.0 Å². The summed E-state index contributed by atoms with van der Waals surface area (Å²) in [6.45, 7) is 7.85. The van der Waals surface area contributed by atoms with E-state index in [4.69, 9.17) is 4.74 Å². The molecule has 0 radical (unpaired) electrons. The van der Waals surface area contributed by atoms with Crippen molar-refractivity contribution in [1.82, 2.24) is 15.4 Å². The predicted octanol–water partition coefficient (Wildman–Crippen LogP) is 8.30. The number of hydrogen-bond donors (Lipinski definition) is 3. The number of benzene rings is 3. The molecule has 13 heteroatoms. The van der Waals surface area contributed by atoms with E-state index < -0.39 is 41.8 Å². The molecular formula is C39H54N4O7PS-. The van der Waals surface area contributed by atoms with Gasteiger partial charge in [0, 0.05) is 36.4 Å². The quantitative estimate of drug-likeness (QED) is 0.0504. The van der Waals surface area contributed by atoms with Crippen molar-refractivity contribution in [2.45, 2.75) is 70.2 Å². The van der Waals surface area contributed by atoms with Crippen molar-refractivity contribution in [2.24, 2.45) is 5.41 Å². The van der Waals surface area contributed by atoms with Gasteiger partial charge in [-0.1, -0.05) is 76.8 Å². The number of phenols is 1. The molecule has 0 bridgehead atoms. The van der Waals surface area contributed by atoms with Gasteiger partial charge in [0.1, 0.15) is 23.2 Å². The van der Waals surface area contributed by atoms with Crippen LogP contribution in [-0.4, -0.2) is 68.4 Å². The third kappa shape index (κ3) is 10.8. The normalized spacial score (nSPS) is 16.6. The van der Waals surface area contributed by atoms with Gasteiger partial charge in [0.15, 0.2) is 12.3 Å². The summed E-state index contributed by atoms with van der Waals surface area (Å²) in [6.07, 6.45) is 7.94.